The first kappa shape index (κ1) is 14.3. The molecule has 0 aliphatic carbocycles. The van der Waals surface area contributed by atoms with Gasteiger partial charge in [-0.25, -0.2) is 4.57 Å². The molecule has 16 heavy (non-hydrogen) atoms. The highest BCUT2D eigenvalue weighted by Crippen LogP contribution is 2.63. The third-order valence-electron chi connectivity index (χ3n) is 1.61. The molecule has 3 nitrogen and oxygen atoms in total. The van der Waals surface area contributed by atoms with Crippen LogP contribution in [-0.2, 0) is 13.6 Å². The Balaban J connectivity index is 2.75. The lowest BCUT2D eigenvalue weighted by molar-refractivity contribution is 0.237. The average Bonchev–Trinajstić information content (AvgIpc) is 2.22. The molecule has 0 fully saturated rings. The third kappa shape index (κ3) is 4.60. The summed E-state index contributed by atoms with van der Waals surface area (Å²) in [5.74, 6) is 0. The normalized spacial score (nSPS) is 11.7. The Morgan fingerprint density at radius 3 is 2.12 bits per heavy atom. The Labute approximate surface area is 108 Å². The van der Waals surface area contributed by atoms with E-state index in [2.05, 4.69) is 15.9 Å². The van der Waals surface area contributed by atoms with Crippen LogP contribution in [0.2, 0.25) is 0 Å². The topological polar surface area (TPSA) is 35.5 Å². The van der Waals surface area contributed by atoms with E-state index in [9.17, 15) is 4.57 Å². The van der Waals surface area contributed by atoms with Gasteiger partial charge in [0.1, 0.15) is 0 Å². The Bertz CT molecular complexity index is 359. The second-order valence-corrected chi connectivity index (χ2v) is 7.70. The fourth-order valence-electron chi connectivity index (χ4n) is 1.03. The molecule has 1 aromatic rings. The summed E-state index contributed by atoms with van der Waals surface area (Å²) in [5.41, 5.74) is 0. The van der Waals surface area contributed by atoms with Crippen molar-refractivity contribution in [2.24, 2.45) is 0 Å². The molecule has 0 spiro atoms. The summed E-state index contributed by atoms with van der Waals surface area (Å²) in [4.78, 5) is 0.869. The van der Waals surface area contributed by atoms with Crippen molar-refractivity contribution in [2.75, 3.05) is 13.2 Å². The molecule has 0 saturated heterocycles. The van der Waals surface area contributed by atoms with Crippen LogP contribution in [0.25, 0.3) is 0 Å². The fourth-order valence-corrected chi connectivity index (χ4v) is 4.71. The van der Waals surface area contributed by atoms with Crippen molar-refractivity contribution in [3.8, 4) is 0 Å². The van der Waals surface area contributed by atoms with Gasteiger partial charge in [-0.1, -0.05) is 15.9 Å². The maximum atomic E-state index is 12.2. The molecule has 1 aromatic carbocycles. The summed E-state index contributed by atoms with van der Waals surface area (Å²) in [6, 6.07) is 7.54. The van der Waals surface area contributed by atoms with Gasteiger partial charge in [-0.05, 0) is 49.5 Å². The second kappa shape index (κ2) is 6.82. The minimum atomic E-state index is -3.05. The molecule has 0 radical (unpaired) electrons. The molecule has 0 unspecified atom stereocenters. The molecule has 90 valence electrons. The van der Waals surface area contributed by atoms with Crippen LogP contribution < -0.4 is 0 Å². The third-order valence-corrected chi connectivity index (χ3v) is 5.93. The lowest BCUT2D eigenvalue weighted by Crippen LogP contribution is -1.92. The Hall–Kier alpha value is 0.200. The first-order valence-electron chi connectivity index (χ1n) is 4.94. The van der Waals surface area contributed by atoms with Crippen molar-refractivity contribution >= 4 is 34.1 Å². The highest BCUT2D eigenvalue weighted by Gasteiger charge is 2.25. The molecular weight excluding hydrogens is 311 g/mol. The lowest BCUT2D eigenvalue weighted by atomic mass is 10.4. The number of hydrogen-bond acceptors (Lipinski definition) is 4. The van der Waals surface area contributed by atoms with E-state index in [4.69, 9.17) is 9.05 Å². The zero-order valence-corrected chi connectivity index (χ0v) is 12.5. The summed E-state index contributed by atoms with van der Waals surface area (Å²) in [5, 5.41) is 0. The van der Waals surface area contributed by atoms with Gasteiger partial charge in [0, 0.05) is 9.37 Å². The van der Waals surface area contributed by atoms with Crippen molar-refractivity contribution < 1.29 is 13.6 Å². The van der Waals surface area contributed by atoms with E-state index in [1.165, 1.54) is 0 Å². The van der Waals surface area contributed by atoms with Crippen molar-refractivity contribution in [2.45, 2.75) is 18.7 Å². The molecule has 0 saturated carbocycles. The smallest absolute Gasteiger partial charge is 0.301 e. The van der Waals surface area contributed by atoms with E-state index in [1.807, 2.05) is 24.3 Å². The maximum absolute atomic E-state index is 12.2. The predicted octanol–water partition coefficient (Wildman–Crippen LogP) is 4.72. The van der Waals surface area contributed by atoms with Crippen LogP contribution in [0.1, 0.15) is 13.8 Å². The van der Waals surface area contributed by atoms with Crippen LogP contribution in [0.5, 0.6) is 0 Å². The quantitative estimate of drug-likeness (QED) is 0.709. The average molecular weight is 325 g/mol. The van der Waals surface area contributed by atoms with Crippen molar-refractivity contribution in [3.05, 3.63) is 28.7 Å². The molecule has 1 rings (SSSR count). The molecule has 0 bridgehead atoms. The summed E-state index contributed by atoms with van der Waals surface area (Å²) in [6.07, 6.45) is 0. The number of halogens is 1. The Morgan fingerprint density at radius 1 is 1.19 bits per heavy atom. The van der Waals surface area contributed by atoms with E-state index in [0.717, 1.165) is 20.7 Å². The SMILES string of the molecule is CCOP(=O)(OCC)Sc1ccc(Br)cc1. The first-order chi connectivity index (χ1) is 7.59. The number of benzene rings is 1. The highest BCUT2D eigenvalue weighted by atomic mass is 79.9. The van der Waals surface area contributed by atoms with Crippen LogP contribution in [0.15, 0.2) is 33.6 Å². The van der Waals surface area contributed by atoms with E-state index in [1.54, 1.807) is 13.8 Å². The molecular formula is C10H14BrO3PS. The van der Waals surface area contributed by atoms with Crippen LogP contribution in [0, 0.1) is 0 Å². The Kier molecular flexibility index (Phi) is 6.08. The van der Waals surface area contributed by atoms with Crippen molar-refractivity contribution in [1.82, 2.24) is 0 Å². The zero-order valence-electron chi connectivity index (χ0n) is 9.18. The highest BCUT2D eigenvalue weighted by molar-refractivity contribution is 9.10. The number of rotatable bonds is 6. The minimum Gasteiger partial charge on any atom is -0.301 e. The molecule has 0 heterocycles. The molecule has 0 N–H and O–H groups in total. The van der Waals surface area contributed by atoms with Crippen LogP contribution in [0.4, 0.5) is 0 Å². The van der Waals surface area contributed by atoms with Crippen molar-refractivity contribution in [1.29, 1.82) is 0 Å². The molecule has 0 aromatic heterocycles. The molecule has 0 aliphatic heterocycles. The first-order valence-corrected chi connectivity index (χ1v) is 8.69. The van der Waals surface area contributed by atoms with Gasteiger partial charge in [0.25, 0.3) is 0 Å². The van der Waals surface area contributed by atoms with Crippen LogP contribution >= 0.6 is 34.1 Å². The van der Waals surface area contributed by atoms with Gasteiger partial charge >= 0.3 is 6.80 Å². The van der Waals surface area contributed by atoms with Crippen molar-refractivity contribution in [3.63, 3.8) is 0 Å². The maximum Gasteiger partial charge on any atom is 0.393 e. The summed E-state index contributed by atoms with van der Waals surface area (Å²) < 4.78 is 23.5. The molecule has 0 aliphatic rings. The predicted molar refractivity (Wildman–Crippen MR) is 70.9 cm³/mol. The van der Waals surface area contributed by atoms with E-state index >= 15 is 0 Å². The standard InChI is InChI=1S/C10H14BrO3PS/c1-3-13-15(12,14-4-2)16-10-7-5-9(11)6-8-10/h5-8H,3-4H2,1-2H3. The minimum absolute atomic E-state index is 0.376. The van der Waals surface area contributed by atoms with Gasteiger partial charge in [0.2, 0.25) is 0 Å². The van der Waals surface area contributed by atoms with Gasteiger partial charge in [-0.2, -0.15) is 0 Å². The van der Waals surface area contributed by atoms with Gasteiger partial charge in [0.05, 0.1) is 13.2 Å². The van der Waals surface area contributed by atoms with E-state index < -0.39 is 6.80 Å². The summed E-state index contributed by atoms with van der Waals surface area (Å²) in [7, 11) is 0. The molecule has 6 heteroatoms. The van der Waals surface area contributed by atoms with Crippen LogP contribution in [0.3, 0.4) is 0 Å². The van der Waals surface area contributed by atoms with Gasteiger partial charge in [0.15, 0.2) is 0 Å². The number of hydrogen-bond donors (Lipinski definition) is 0. The van der Waals surface area contributed by atoms with Gasteiger partial charge in [-0.15, -0.1) is 0 Å². The fraction of sp³-hybridized carbons (Fsp3) is 0.400. The summed E-state index contributed by atoms with van der Waals surface area (Å²) in [6.45, 7) is 1.30. The summed E-state index contributed by atoms with van der Waals surface area (Å²) >= 11 is 4.48. The van der Waals surface area contributed by atoms with Gasteiger partial charge < -0.3 is 9.05 Å². The van der Waals surface area contributed by atoms with E-state index in [-0.39, 0.29) is 0 Å². The zero-order chi connectivity index (χ0) is 12.0. The largest absolute Gasteiger partial charge is 0.393 e. The lowest BCUT2D eigenvalue weighted by Gasteiger charge is -2.15. The van der Waals surface area contributed by atoms with Gasteiger partial charge in [-0.3, -0.25) is 0 Å². The molecule has 0 amide bonds. The second-order valence-electron chi connectivity index (χ2n) is 2.83. The molecule has 0 atom stereocenters. The van der Waals surface area contributed by atoms with Crippen LogP contribution in [-0.4, -0.2) is 13.2 Å². The Morgan fingerprint density at radius 2 is 1.69 bits per heavy atom. The van der Waals surface area contributed by atoms with E-state index in [0.29, 0.717) is 13.2 Å². The monoisotopic (exact) mass is 324 g/mol.